The Kier molecular flexibility index (Phi) is 6.01. The van der Waals surface area contributed by atoms with Crippen molar-refractivity contribution in [3.05, 3.63) is 24.5 Å². The van der Waals surface area contributed by atoms with E-state index in [2.05, 4.69) is 9.72 Å². The summed E-state index contributed by atoms with van der Waals surface area (Å²) in [6.45, 7) is 1.45. The van der Waals surface area contributed by atoms with Crippen LogP contribution in [0.4, 0.5) is 0 Å². The Bertz CT molecular complexity index is 483. The number of methoxy groups -OCH3 is 1. The molecule has 1 fully saturated rings. The first-order valence-corrected chi connectivity index (χ1v) is 7.66. The fourth-order valence-electron chi connectivity index (χ4n) is 2.01. The summed E-state index contributed by atoms with van der Waals surface area (Å²) in [5.74, 6) is 0.102. The van der Waals surface area contributed by atoms with Crippen LogP contribution < -0.4 is 0 Å². The fraction of sp³-hybridized carbons (Fsp3) is 0.500. The highest BCUT2D eigenvalue weighted by molar-refractivity contribution is 8.00. The Hall–Kier alpha value is -1.60. The molecule has 1 aromatic heterocycles. The van der Waals surface area contributed by atoms with E-state index in [1.807, 2.05) is 12.1 Å². The van der Waals surface area contributed by atoms with Crippen LogP contribution in [0.3, 0.4) is 0 Å². The summed E-state index contributed by atoms with van der Waals surface area (Å²) in [5.41, 5.74) is 0. The zero-order valence-corrected chi connectivity index (χ0v) is 12.7. The third-order valence-corrected chi connectivity index (χ3v) is 4.12. The van der Waals surface area contributed by atoms with Crippen LogP contribution in [-0.2, 0) is 19.1 Å². The number of carbonyl (C=O) groups is 2. The van der Waals surface area contributed by atoms with Crippen LogP contribution in [0.1, 0.15) is 6.42 Å². The van der Waals surface area contributed by atoms with Gasteiger partial charge in [-0.2, -0.15) is 0 Å². The van der Waals surface area contributed by atoms with Gasteiger partial charge in [-0.15, -0.1) is 11.8 Å². The summed E-state index contributed by atoms with van der Waals surface area (Å²) in [5, 5.41) is 0. The van der Waals surface area contributed by atoms with Gasteiger partial charge in [-0.25, -0.2) is 0 Å². The molecule has 0 aliphatic carbocycles. The van der Waals surface area contributed by atoms with Crippen molar-refractivity contribution in [2.24, 2.45) is 0 Å². The van der Waals surface area contributed by atoms with Crippen LogP contribution in [0.5, 0.6) is 0 Å². The van der Waals surface area contributed by atoms with Gasteiger partial charge in [0.25, 0.3) is 0 Å². The van der Waals surface area contributed by atoms with Crippen LogP contribution in [0, 0.1) is 0 Å². The van der Waals surface area contributed by atoms with Gasteiger partial charge in [0, 0.05) is 30.4 Å². The van der Waals surface area contributed by atoms with Crippen molar-refractivity contribution in [2.45, 2.75) is 17.4 Å². The second kappa shape index (κ2) is 7.99. The van der Waals surface area contributed by atoms with Crippen LogP contribution in [0.2, 0.25) is 0 Å². The van der Waals surface area contributed by atoms with Gasteiger partial charge in [0.2, 0.25) is 5.91 Å². The number of esters is 1. The summed E-state index contributed by atoms with van der Waals surface area (Å²) < 4.78 is 10.1. The molecule has 0 spiro atoms. The molecule has 7 heteroatoms. The van der Waals surface area contributed by atoms with E-state index in [1.54, 1.807) is 17.3 Å². The number of rotatable bonds is 5. The van der Waals surface area contributed by atoms with Gasteiger partial charge in [0.1, 0.15) is 0 Å². The number of amides is 1. The molecule has 0 bridgehead atoms. The third kappa shape index (κ3) is 5.02. The van der Waals surface area contributed by atoms with Crippen molar-refractivity contribution < 1.29 is 19.1 Å². The fourth-order valence-corrected chi connectivity index (χ4v) is 2.80. The number of hydrogen-bond donors (Lipinski definition) is 0. The lowest BCUT2D eigenvalue weighted by atomic mass is 10.2. The lowest BCUT2D eigenvalue weighted by molar-refractivity contribution is -0.149. The number of pyridine rings is 1. The number of nitrogens with zero attached hydrogens (tertiary/aromatic N) is 2. The number of aromatic nitrogens is 1. The van der Waals surface area contributed by atoms with E-state index in [0.717, 1.165) is 4.90 Å². The second-order valence-electron chi connectivity index (χ2n) is 4.58. The Labute approximate surface area is 127 Å². The topological polar surface area (TPSA) is 68.7 Å². The normalized spacial score (nSPS) is 18.3. The summed E-state index contributed by atoms with van der Waals surface area (Å²) in [6, 6.07) is 3.74. The predicted octanol–water partition coefficient (Wildman–Crippen LogP) is 0.964. The van der Waals surface area contributed by atoms with Gasteiger partial charge in [0.15, 0.2) is 0 Å². The van der Waals surface area contributed by atoms with Crippen molar-refractivity contribution in [3.8, 4) is 0 Å². The minimum absolute atomic E-state index is 0.0509. The zero-order chi connectivity index (χ0) is 15.1. The molecule has 1 saturated heterocycles. The minimum atomic E-state index is -0.319. The minimum Gasteiger partial charge on any atom is -0.469 e. The van der Waals surface area contributed by atoms with E-state index in [0.29, 0.717) is 25.4 Å². The monoisotopic (exact) mass is 310 g/mol. The van der Waals surface area contributed by atoms with E-state index in [9.17, 15) is 9.59 Å². The number of carbonyl (C=O) groups excluding carboxylic acids is 2. The average molecular weight is 310 g/mol. The highest BCUT2D eigenvalue weighted by Crippen LogP contribution is 2.18. The van der Waals surface area contributed by atoms with Crippen molar-refractivity contribution in [2.75, 3.05) is 32.6 Å². The molecule has 1 atom stereocenters. The standard InChI is InChI=1S/C14H18N2O4S/c1-19-14(18)8-11-9-16(6-7-20-11)13(17)10-21-12-2-4-15-5-3-12/h2-5,11H,6-10H2,1H3. The Balaban J connectivity index is 1.80. The van der Waals surface area contributed by atoms with Crippen molar-refractivity contribution >= 4 is 23.6 Å². The Morgan fingerprint density at radius 2 is 2.24 bits per heavy atom. The van der Waals surface area contributed by atoms with Crippen molar-refractivity contribution in [3.63, 3.8) is 0 Å². The molecular formula is C14H18N2O4S. The van der Waals surface area contributed by atoms with Crippen LogP contribution >= 0.6 is 11.8 Å². The predicted molar refractivity (Wildman–Crippen MR) is 77.9 cm³/mol. The highest BCUT2D eigenvalue weighted by Gasteiger charge is 2.26. The molecule has 2 rings (SSSR count). The molecular weight excluding hydrogens is 292 g/mol. The summed E-state index contributed by atoms with van der Waals surface area (Å²) in [4.78, 5) is 30.1. The number of thioether (sulfide) groups is 1. The number of hydrogen-bond acceptors (Lipinski definition) is 6. The first-order chi connectivity index (χ1) is 10.2. The Morgan fingerprint density at radius 3 is 2.95 bits per heavy atom. The molecule has 1 unspecified atom stereocenters. The largest absolute Gasteiger partial charge is 0.469 e. The van der Waals surface area contributed by atoms with Crippen LogP contribution in [0.15, 0.2) is 29.4 Å². The number of morpholine rings is 1. The lowest BCUT2D eigenvalue weighted by Gasteiger charge is -2.32. The molecule has 0 N–H and O–H groups in total. The van der Waals surface area contributed by atoms with Gasteiger partial charge >= 0.3 is 5.97 Å². The van der Waals surface area contributed by atoms with Crippen LogP contribution in [-0.4, -0.2) is 60.4 Å². The lowest BCUT2D eigenvalue weighted by Crippen LogP contribution is -2.47. The SMILES string of the molecule is COC(=O)CC1CN(C(=O)CSc2ccncc2)CCO1. The smallest absolute Gasteiger partial charge is 0.308 e. The maximum Gasteiger partial charge on any atom is 0.308 e. The van der Waals surface area contributed by atoms with Gasteiger partial charge < -0.3 is 14.4 Å². The zero-order valence-electron chi connectivity index (χ0n) is 11.9. The van der Waals surface area contributed by atoms with Crippen molar-refractivity contribution in [1.82, 2.24) is 9.88 Å². The molecule has 2 heterocycles. The summed E-state index contributed by atoms with van der Waals surface area (Å²) in [7, 11) is 1.35. The second-order valence-corrected chi connectivity index (χ2v) is 5.63. The van der Waals surface area contributed by atoms with Gasteiger partial charge in [-0.3, -0.25) is 14.6 Å². The molecule has 21 heavy (non-hydrogen) atoms. The van der Waals surface area contributed by atoms with Crippen LogP contribution in [0.25, 0.3) is 0 Å². The molecule has 1 aliphatic rings. The first-order valence-electron chi connectivity index (χ1n) is 6.68. The maximum atomic E-state index is 12.2. The van der Waals surface area contributed by atoms with E-state index in [4.69, 9.17) is 4.74 Å². The highest BCUT2D eigenvalue weighted by atomic mass is 32.2. The van der Waals surface area contributed by atoms with Crippen molar-refractivity contribution in [1.29, 1.82) is 0 Å². The summed E-state index contributed by atoms with van der Waals surface area (Å²) >= 11 is 1.48. The summed E-state index contributed by atoms with van der Waals surface area (Å²) in [6.07, 6.45) is 3.31. The van der Waals surface area contributed by atoms with E-state index < -0.39 is 0 Å². The number of ether oxygens (including phenoxy) is 2. The van der Waals surface area contributed by atoms with E-state index >= 15 is 0 Å². The quantitative estimate of drug-likeness (QED) is 0.596. The van der Waals surface area contributed by atoms with Gasteiger partial charge in [-0.05, 0) is 12.1 Å². The van der Waals surface area contributed by atoms with E-state index in [1.165, 1.54) is 18.9 Å². The Morgan fingerprint density at radius 1 is 1.48 bits per heavy atom. The molecule has 6 nitrogen and oxygen atoms in total. The molecule has 1 aromatic rings. The molecule has 1 aliphatic heterocycles. The van der Waals surface area contributed by atoms with Gasteiger partial charge in [-0.1, -0.05) is 0 Å². The first kappa shape index (κ1) is 15.8. The molecule has 114 valence electrons. The molecule has 0 radical (unpaired) electrons. The average Bonchev–Trinajstić information content (AvgIpc) is 2.53. The maximum absolute atomic E-state index is 12.2. The third-order valence-electron chi connectivity index (χ3n) is 3.13. The van der Waals surface area contributed by atoms with E-state index in [-0.39, 0.29) is 24.4 Å². The molecule has 0 aromatic carbocycles. The molecule has 1 amide bonds. The van der Waals surface area contributed by atoms with Gasteiger partial charge in [0.05, 0.1) is 32.0 Å². The molecule has 0 saturated carbocycles.